The van der Waals surface area contributed by atoms with E-state index >= 15 is 0 Å². The number of hydrogen-bond donors (Lipinski definition) is 3. The molecule has 0 spiro atoms. The van der Waals surface area contributed by atoms with E-state index < -0.39 is 17.8 Å². The highest BCUT2D eigenvalue weighted by Gasteiger charge is 2.30. The fourth-order valence-electron chi connectivity index (χ4n) is 4.61. The monoisotopic (exact) mass is 541 g/mol. The largest absolute Gasteiger partial charge is 0.411 e. The minimum absolute atomic E-state index is 0.0776. The van der Waals surface area contributed by atoms with Crippen molar-refractivity contribution >= 4 is 51.9 Å². The molecule has 1 aliphatic carbocycles. The smallest absolute Gasteiger partial charge is 0.390 e. The number of carbonyl (C=O) groups is 2. The van der Waals surface area contributed by atoms with E-state index in [0.717, 1.165) is 30.6 Å². The number of imidazole rings is 1. The van der Waals surface area contributed by atoms with Crippen LogP contribution in [-0.4, -0.2) is 43.5 Å². The molecule has 0 radical (unpaired) electrons. The lowest BCUT2D eigenvalue weighted by atomic mass is 9.90. The van der Waals surface area contributed by atoms with Gasteiger partial charge in [-0.25, -0.2) is 24.1 Å². The van der Waals surface area contributed by atoms with Crippen LogP contribution in [-0.2, 0) is 4.74 Å². The second kappa shape index (κ2) is 10.2. The number of carbonyl (C=O) groups excluding carboxylic acids is 2. The van der Waals surface area contributed by atoms with Gasteiger partial charge in [0, 0.05) is 12.1 Å². The average molecular weight is 542 g/mol. The highest BCUT2D eigenvalue weighted by Crippen LogP contribution is 2.37. The number of rotatable bonds is 5. The maximum Gasteiger partial charge on any atom is 0.411 e. The van der Waals surface area contributed by atoms with Gasteiger partial charge in [-0.2, -0.15) is 0 Å². The third-order valence-electron chi connectivity index (χ3n) is 6.14. The Morgan fingerprint density at radius 2 is 2.05 bits per heavy atom. The Morgan fingerprint density at radius 1 is 1.24 bits per heavy atom. The summed E-state index contributed by atoms with van der Waals surface area (Å²) in [5.74, 6) is -0.835. The fraction of sp³-hybridized carbons (Fsp3) is 0.250. The molecule has 10 nitrogen and oxygen atoms in total. The predicted octanol–water partition coefficient (Wildman–Crippen LogP) is 4.68. The average Bonchev–Trinajstić information content (AvgIpc) is 3.47. The van der Waals surface area contributed by atoms with Crippen molar-refractivity contribution in [2.45, 2.75) is 37.8 Å². The molecule has 2 atom stereocenters. The lowest BCUT2D eigenvalue weighted by molar-refractivity contribution is 0.0920. The molecule has 0 unspecified atom stereocenters. The first-order chi connectivity index (χ1) is 17.8. The van der Waals surface area contributed by atoms with Crippen molar-refractivity contribution in [3.8, 4) is 11.4 Å². The molecule has 3 aromatic heterocycles. The van der Waals surface area contributed by atoms with Crippen LogP contribution in [0.4, 0.5) is 9.18 Å². The molecule has 4 N–H and O–H groups in total. The summed E-state index contributed by atoms with van der Waals surface area (Å²) in [5.41, 5.74) is 6.51. The summed E-state index contributed by atoms with van der Waals surface area (Å²) in [5, 5.41) is 11.3. The van der Waals surface area contributed by atoms with Crippen LogP contribution in [0, 0.1) is 11.2 Å². The first kappa shape index (κ1) is 24.8. The lowest BCUT2D eigenvalue weighted by Crippen LogP contribution is -2.39. The topological polar surface area (TPSA) is 149 Å². The molecule has 0 bridgehead atoms. The number of amides is 2. The van der Waals surface area contributed by atoms with Gasteiger partial charge in [0.15, 0.2) is 5.01 Å². The van der Waals surface area contributed by atoms with Crippen LogP contribution in [0.5, 0.6) is 0 Å². The molecule has 1 aliphatic rings. The molecule has 1 fully saturated rings. The van der Waals surface area contributed by atoms with Crippen LogP contribution in [0.1, 0.15) is 47.2 Å². The lowest BCUT2D eigenvalue weighted by Gasteiger charge is -2.32. The third-order valence-corrected chi connectivity index (χ3v) is 7.26. The van der Waals surface area contributed by atoms with Crippen molar-refractivity contribution in [3.05, 3.63) is 63.6 Å². The zero-order valence-corrected chi connectivity index (χ0v) is 20.9. The number of fused-ring (bicyclic) bond motifs is 1. The molecule has 3 heterocycles. The normalized spacial score (nSPS) is 17.5. The number of pyridine rings is 1. The van der Waals surface area contributed by atoms with Gasteiger partial charge in [0.25, 0.3) is 5.91 Å². The summed E-state index contributed by atoms with van der Waals surface area (Å²) in [6.45, 7) is 0. The Hall–Kier alpha value is -3.90. The van der Waals surface area contributed by atoms with Gasteiger partial charge >= 0.3 is 6.09 Å². The zero-order chi connectivity index (χ0) is 26.1. The Bertz CT molecular complexity index is 1520. The molecular formula is C24H21ClFN7O3S. The van der Waals surface area contributed by atoms with E-state index in [1.54, 1.807) is 24.3 Å². The summed E-state index contributed by atoms with van der Waals surface area (Å²) < 4.78 is 21.9. The number of benzene rings is 1. The van der Waals surface area contributed by atoms with Crippen molar-refractivity contribution in [3.63, 3.8) is 0 Å². The molecule has 0 aliphatic heterocycles. The molecule has 190 valence electrons. The number of hydrogen-bond acceptors (Lipinski definition) is 8. The van der Waals surface area contributed by atoms with Crippen LogP contribution >= 0.6 is 22.9 Å². The van der Waals surface area contributed by atoms with Gasteiger partial charge in [0.1, 0.15) is 27.2 Å². The van der Waals surface area contributed by atoms with E-state index in [1.807, 2.05) is 4.57 Å². The standard InChI is InChI=1S/C24H21ClFN7O3S/c25-19-11-30-23(37-19)22(34)31-12-4-3-5-13(8-12)33-18-9-16(20(27)36-24(28)35)29-10-17(18)32-21(33)14-6-1-2-7-15(14)26/h1-2,6-7,9-13,27H,3-5,8H2,(H2,28,35)(H,31,34)/t12-,13+/m0/s1. The highest BCUT2D eigenvalue weighted by atomic mass is 35.5. The Kier molecular flexibility index (Phi) is 6.85. The molecule has 0 saturated heterocycles. The van der Waals surface area contributed by atoms with E-state index in [0.29, 0.717) is 33.2 Å². The van der Waals surface area contributed by atoms with Gasteiger partial charge in [-0.1, -0.05) is 35.1 Å². The van der Waals surface area contributed by atoms with E-state index in [4.69, 9.17) is 27.5 Å². The second-order valence-electron chi connectivity index (χ2n) is 8.55. The first-order valence-corrected chi connectivity index (χ1v) is 12.6. The van der Waals surface area contributed by atoms with Crippen molar-refractivity contribution in [2.75, 3.05) is 0 Å². The summed E-state index contributed by atoms with van der Waals surface area (Å²) in [7, 11) is 0. The molecule has 13 heteroatoms. The summed E-state index contributed by atoms with van der Waals surface area (Å²) in [4.78, 5) is 36.7. The van der Waals surface area contributed by atoms with Crippen molar-refractivity contribution < 1.29 is 18.7 Å². The molecule has 1 saturated carbocycles. The number of nitrogens with zero attached hydrogens (tertiary/aromatic N) is 4. The van der Waals surface area contributed by atoms with E-state index in [2.05, 4.69) is 20.3 Å². The van der Waals surface area contributed by atoms with Crippen LogP contribution in [0.3, 0.4) is 0 Å². The van der Waals surface area contributed by atoms with Gasteiger partial charge in [0.2, 0.25) is 5.90 Å². The zero-order valence-electron chi connectivity index (χ0n) is 19.3. The number of aromatic nitrogens is 4. The number of primary amides is 1. The number of nitrogens with one attached hydrogen (secondary N) is 2. The maximum atomic E-state index is 14.9. The second-order valence-corrected chi connectivity index (χ2v) is 10.2. The fourth-order valence-corrected chi connectivity index (χ4v) is 5.43. The van der Waals surface area contributed by atoms with Crippen LogP contribution in [0.15, 0.2) is 42.7 Å². The van der Waals surface area contributed by atoms with E-state index in [1.165, 1.54) is 18.5 Å². The van der Waals surface area contributed by atoms with E-state index in [9.17, 15) is 14.0 Å². The van der Waals surface area contributed by atoms with Crippen LogP contribution in [0.25, 0.3) is 22.4 Å². The Morgan fingerprint density at radius 3 is 2.78 bits per heavy atom. The quantitative estimate of drug-likeness (QED) is 0.247. The number of thiazole rings is 1. The van der Waals surface area contributed by atoms with Gasteiger partial charge in [0.05, 0.1) is 23.5 Å². The summed E-state index contributed by atoms with van der Waals surface area (Å²) >= 11 is 7.03. The van der Waals surface area contributed by atoms with Crippen molar-refractivity contribution in [1.29, 1.82) is 5.41 Å². The van der Waals surface area contributed by atoms with Crippen molar-refractivity contribution in [2.24, 2.45) is 5.73 Å². The van der Waals surface area contributed by atoms with Gasteiger partial charge < -0.3 is 20.4 Å². The SMILES string of the molecule is N=C(OC(N)=O)c1cc2c(cn1)nc(-c1ccccc1F)n2[C@@H]1CCC[C@H](NC(=O)c2ncc(Cl)s2)C1. The number of nitrogens with two attached hydrogens (primary N) is 1. The molecular weight excluding hydrogens is 521 g/mol. The third kappa shape index (κ3) is 5.16. The summed E-state index contributed by atoms with van der Waals surface area (Å²) in [6, 6.07) is 7.60. The Balaban J connectivity index is 1.54. The molecule has 37 heavy (non-hydrogen) atoms. The predicted molar refractivity (Wildman–Crippen MR) is 136 cm³/mol. The van der Waals surface area contributed by atoms with Crippen molar-refractivity contribution in [1.82, 2.24) is 24.8 Å². The number of ether oxygens (including phenoxy) is 1. The molecule has 4 aromatic rings. The molecule has 1 aromatic carbocycles. The van der Waals surface area contributed by atoms with Gasteiger partial charge in [-0.3, -0.25) is 10.2 Å². The Labute approximate surface area is 219 Å². The molecule has 2 amide bonds. The van der Waals surface area contributed by atoms with E-state index in [-0.39, 0.29) is 28.7 Å². The first-order valence-electron chi connectivity index (χ1n) is 11.4. The van der Waals surface area contributed by atoms with Crippen LogP contribution < -0.4 is 11.1 Å². The summed E-state index contributed by atoms with van der Waals surface area (Å²) in [6.07, 6.45) is 4.66. The van der Waals surface area contributed by atoms with Gasteiger partial charge in [-0.15, -0.1) is 0 Å². The van der Waals surface area contributed by atoms with Gasteiger partial charge in [-0.05, 0) is 43.9 Å². The minimum atomic E-state index is -1.13. The molecule has 5 rings (SSSR count). The van der Waals surface area contributed by atoms with Crippen LogP contribution in [0.2, 0.25) is 4.34 Å². The minimum Gasteiger partial charge on any atom is -0.390 e. The number of halogens is 2. The maximum absolute atomic E-state index is 14.9. The highest BCUT2D eigenvalue weighted by molar-refractivity contribution is 7.17.